The zero-order valence-electron chi connectivity index (χ0n) is 8.49. The maximum Gasteiger partial charge on any atom is 0.115 e. The molecule has 0 amide bonds. The van der Waals surface area contributed by atoms with Gasteiger partial charge in [0, 0.05) is 35.8 Å². The van der Waals surface area contributed by atoms with E-state index in [1.807, 2.05) is 25.5 Å². The van der Waals surface area contributed by atoms with Gasteiger partial charge in [0.05, 0.1) is 0 Å². The fraction of sp³-hybridized carbons (Fsp3) is 0.364. The molecule has 74 valence electrons. The van der Waals surface area contributed by atoms with Crippen molar-refractivity contribution in [3.63, 3.8) is 0 Å². The van der Waals surface area contributed by atoms with E-state index >= 15 is 0 Å². The molecule has 3 nitrogen and oxygen atoms in total. The maximum atomic E-state index is 4.30. The standard InChI is InChI=1S/C11H15N3/c1-8-3-4-10(5-12-8)11-6-13-9(2)14-7-11/h3-9,12-13H,1-2H3. The number of hydrogen-bond acceptors (Lipinski definition) is 3. The van der Waals surface area contributed by atoms with Crippen molar-refractivity contribution in [1.29, 1.82) is 0 Å². The molecular formula is C11H15N3. The first-order valence-corrected chi connectivity index (χ1v) is 4.90. The van der Waals surface area contributed by atoms with Crippen LogP contribution in [0.5, 0.6) is 0 Å². The van der Waals surface area contributed by atoms with Crippen LogP contribution in [-0.4, -0.2) is 18.4 Å². The number of nitrogens with one attached hydrogen (secondary N) is 2. The summed E-state index contributed by atoms with van der Waals surface area (Å²) in [7, 11) is 0. The molecule has 2 aliphatic heterocycles. The van der Waals surface area contributed by atoms with E-state index in [-0.39, 0.29) is 6.17 Å². The predicted octanol–water partition coefficient (Wildman–Crippen LogP) is 1.32. The smallest absolute Gasteiger partial charge is 0.115 e. The molecule has 0 bridgehead atoms. The fourth-order valence-corrected chi connectivity index (χ4v) is 1.39. The van der Waals surface area contributed by atoms with E-state index in [4.69, 9.17) is 0 Å². The van der Waals surface area contributed by atoms with Crippen LogP contribution in [0.1, 0.15) is 13.8 Å². The van der Waals surface area contributed by atoms with Gasteiger partial charge >= 0.3 is 0 Å². The van der Waals surface area contributed by atoms with E-state index in [0.29, 0.717) is 6.04 Å². The Morgan fingerprint density at radius 3 is 2.50 bits per heavy atom. The largest absolute Gasteiger partial charge is 0.384 e. The van der Waals surface area contributed by atoms with Crippen molar-refractivity contribution in [2.45, 2.75) is 26.1 Å². The number of aliphatic imine (C=N–C) groups is 1. The molecule has 2 heterocycles. The summed E-state index contributed by atoms with van der Waals surface area (Å²) in [6, 6.07) is 0.423. The van der Waals surface area contributed by atoms with Crippen molar-refractivity contribution in [2.24, 2.45) is 4.99 Å². The lowest BCUT2D eigenvalue weighted by Gasteiger charge is -2.18. The van der Waals surface area contributed by atoms with Crippen molar-refractivity contribution < 1.29 is 0 Å². The maximum absolute atomic E-state index is 4.30. The molecule has 2 rings (SSSR count). The van der Waals surface area contributed by atoms with Gasteiger partial charge in [-0.2, -0.15) is 0 Å². The lowest BCUT2D eigenvalue weighted by molar-refractivity contribution is 0.665. The van der Waals surface area contributed by atoms with Crippen molar-refractivity contribution in [2.75, 3.05) is 0 Å². The van der Waals surface area contributed by atoms with Gasteiger partial charge < -0.3 is 10.6 Å². The molecule has 14 heavy (non-hydrogen) atoms. The molecule has 2 N–H and O–H groups in total. The second-order valence-electron chi connectivity index (χ2n) is 3.63. The van der Waals surface area contributed by atoms with Crippen LogP contribution in [0.3, 0.4) is 0 Å². The van der Waals surface area contributed by atoms with Crippen molar-refractivity contribution >= 4 is 6.21 Å². The minimum absolute atomic E-state index is 0.193. The van der Waals surface area contributed by atoms with Crippen LogP contribution < -0.4 is 10.6 Å². The van der Waals surface area contributed by atoms with E-state index in [9.17, 15) is 0 Å². The summed E-state index contributed by atoms with van der Waals surface area (Å²) >= 11 is 0. The van der Waals surface area contributed by atoms with E-state index in [2.05, 4.69) is 34.7 Å². The Hall–Kier alpha value is -1.51. The molecule has 0 aromatic carbocycles. The molecule has 0 radical (unpaired) electrons. The minimum atomic E-state index is 0.193. The van der Waals surface area contributed by atoms with Gasteiger partial charge in [0.1, 0.15) is 6.17 Å². The third kappa shape index (κ3) is 1.87. The van der Waals surface area contributed by atoms with Gasteiger partial charge in [0.25, 0.3) is 0 Å². The van der Waals surface area contributed by atoms with Crippen LogP contribution >= 0.6 is 0 Å². The Kier molecular flexibility index (Phi) is 2.39. The Bertz CT molecular complexity index is 302. The Morgan fingerprint density at radius 2 is 1.93 bits per heavy atom. The van der Waals surface area contributed by atoms with Gasteiger partial charge in [0.15, 0.2) is 0 Å². The van der Waals surface area contributed by atoms with E-state index in [1.54, 1.807) is 0 Å². The minimum Gasteiger partial charge on any atom is -0.384 e. The van der Waals surface area contributed by atoms with E-state index in [0.717, 1.165) is 5.57 Å². The predicted molar refractivity (Wildman–Crippen MR) is 59.0 cm³/mol. The first-order chi connectivity index (χ1) is 6.75. The number of nitrogens with zero attached hydrogens (tertiary/aromatic N) is 1. The zero-order chi connectivity index (χ0) is 9.97. The zero-order valence-corrected chi connectivity index (χ0v) is 8.49. The second-order valence-corrected chi connectivity index (χ2v) is 3.63. The topological polar surface area (TPSA) is 36.4 Å². The lowest BCUT2D eigenvalue weighted by atomic mass is 10.0. The summed E-state index contributed by atoms with van der Waals surface area (Å²) in [5.41, 5.74) is 2.30. The molecule has 0 aliphatic carbocycles. The summed E-state index contributed by atoms with van der Waals surface area (Å²) in [6.45, 7) is 4.14. The molecule has 0 spiro atoms. The molecule has 0 saturated heterocycles. The molecule has 2 atom stereocenters. The first kappa shape index (κ1) is 9.06. The summed E-state index contributed by atoms with van der Waals surface area (Å²) < 4.78 is 0. The van der Waals surface area contributed by atoms with Crippen LogP contribution in [0.2, 0.25) is 0 Å². The van der Waals surface area contributed by atoms with Crippen LogP contribution in [0.15, 0.2) is 40.7 Å². The van der Waals surface area contributed by atoms with Gasteiger partial charge in [-0.05, 0) is 13.8 Å². The summed E-state index contributed by atoms with van der Waals surface area (Å²) in [6.07, 6.45) is 10.4. The highest BCUT2D eigenvalue weighted by Crippen LogP contribution is 2.14. The van der Waals surface area contributed by atoms with E-state index in [1.165, 1.54) is 5.57 Å². The van der Waals surface area contributed by atoms with Gasteiger partial charge in [-0.1, -0.05) is 12.2 Å². The average Bonchev–Trinajstić information content (AvgIpc) is 2.21. The van der Waals surface area contributed by atoms with Crippen molar-refractivity contribution in [1.82, 2.24) is 10.6 Å². The highest BCUT2D eigenvalue weighted by Gasteiger charge is 2.09. The summed E-state index contributed by atoms with van der Waals surface area (Å²) in [5.74, 6) is 0. The Balaban J connectivity index is 2.11. The highest BCUT2D eigenvalue weighted by molar-refractivity contribution is 5.86. The van der Waals surface area contributed by atoms with Gasteiger partial charge in [-0.25, -0.2) is 0 Å². The van der Waals surface area contributed by atoms with Gasteiger partial charge in [-0.15, -0.1) is 0 Å². The monoisotopic (exact) mass is 189 g/mol. The quantitative estimate of drug-likeness (QED) is 0.652. The Morgan fingerprint density at radius 1 is 1.14 bits per heavy atom. The number of rotatable bonds is 1. The molecule has 0 saturated carbocycles. The molecule has 0 aromatic rings. The van der Waals surface area contributed by atoms with Gasteiger partial charge in [0.2, 0.25) is 0 Å². The van der Waals surface area contributed by atoms with E-state index < -0.39 is 0 Å². The second kappa shape index (κ2) is 3.70. The third-order valence-corrected chi connectivity index (χ3v) is 2.32. The molecule has 2 aliphatic rings. The highest BCUT2D eigenvalue weighted by atomic mass is 15.1. The van der Waals surface area contributed by atoms with Crippen molar-refractivity contribution in [3.05, 3.63) is 35.7 Å². The molecule has 2 unspecified atom stereocenters. The molecule has 0 aromatic heterocycles. The lowest BCUT2D eigenvalue weighted by Crippen LogP contribution is -2.25. The third-order valence-electron chi connectivity index (χ3n) is 2.32. The molecule has 0 fully saturated rings. The number of dihydropyridines is 1. The SMILES string of the molecule is CC1C=CC(C2=CNC(C)N=C2)=CN1. The van der Waals surface area contributed by atoms with Crippen LogP contribution in [0.25, 0.3) is 0 Å². The Labute approximate surface area is 84.3 Å². The average molecular weight is 189 g/mol. The first-order valence-electron chi connectivity index (χ1n) is 4.90. The van der Waals surface area contributed by atoms with Crippen LogP contribution in [-0.2, 0) is 0 Å². The van der Waals surface area contributed by atoms with Crippen molar-refractivity contribution in [3.8, 4) is 0 Å². The summed E-state index contributed by atoms with van der Waals surface area (Å²) in [4.78, 5) is 4.30. The number of hydrogen-bond donors (Lipinski definition) is 2. The van der Waals surface area contributed by atoms with Crippen LogP contribution in [0, 0.1) is 0 Å². The number of allylic oxidation sites excluding steroid dienone is 3. The van der Waals surface area contributed by atoms with Crippen LogP contribution in [0.4, 0.5) is 0 Å². The molecule has 3 heteroatoms. The van der Waals surface area contributed by atoms with Gasteiger partial charge in [-0.3, -0.25) is 4.99 Å². The normalized spacial score (nSPS) is 30.1. The molecular weight excluding hydrogens is 174 g/mol. The fourth-order valence-electron chi connectivity index (χ4n) is 1.39. The summed E-state index contributed by atoms with van der Waals surface area (Å²) in [5, 5.41) is 6.44.